The molecule has 0 unspecified atom stereocenters. The fraction of sp³-hybridized carbons (Fsp3) is 0.478. The number of halogens is 2. The van der Waals surface area contributed by atoms with E-state index in [1.165, 1.54) is 7.11 Å². The number of methoxy groups -OCH3 is 1. The molecular formula is C23H34FIN6O. The molecule has 0 saturated carbocycles. The number of pyridine rings is 1. The second-order valence-electron chi connectivity index (χ2n) is 7.97. The lowest BCUT2D eigenvalue weighted by molar-refractivity contribution is 0.198. The average molecular weight is 556 g/mol. The summed E-state index contributed by atoms with van der Waals surface area (Å²) in [6.07, 6.45) is 2.02. The van der Waals surface area contributed by atoms with E-state index in [-0.39, 0.29) is 35.5 Å². The fourth-order valence-electron chi connectivity index (χ4n) is 3.68. The Morgan fingerprint density at radius 3 is 2.62 bits per heavy atom. The van der Waals surface area contributed by atoms with Crippen LogP contribution >= 0.6 is 24.0 Å². The Bertz CT molecular complexity index is 887. The first kappa shape index (κ1) is 26.1. The van der Waals surface area contributed by atoms with Crippen molar-refractivity contribution in [1.82, 2.24) is 20.5 Å². The van der Waals surface area contributed by atoms with E-state index in [2.05, 4.69) is 25.5 Å². The summed E-state index contributed by atoms with van der Waals surface area (Å²) >= 11 is 0. The summed E-state index contributed by atoms with van der Waals surface area (Å²) < 4.78 is 18.9. The summed E-state index contributed by atoms with van der Waals surface area (Å²) in [5.41, 5.74) is 1.94. The number of anilines is 1. The molecular weight excluding hydrogens is 522 g/mol. The second kappa shape index (κ2) is 12.8. The molecule has 2 aromatic rings. The number of aromatic nitrogens is 1. The zero-order valence-electron chi connectivity index (χ0n) is 19.3. The molecule has 1 aliphatic rings. The van der Waals surface area contributed by atoms with Gasteiger partial charge in [-0.25, -0.2) is 9.37 Å². The quantitative estimate of drug-likeness (QED) is 0.310. The van der Waals surface area contributed by atoms with Crippen molar-refractivity contribution >= 4 is 35.8 Å². The molecule has 1 aromatic heterocycles. The molecule has 0 bridgehead atoms. The first-order valence-corrected chi connectivity index (χ1v) is 10.6. The van der Waals surface area contributed by atoms with Crippen molar-refractivity contribution in [3.05, 3.63) is 53.5 Å². The van der Waals surface area contributed by atoms with Crippen LogP contribution in [0, 0.1) is 5.82 Å². The molecule has 0 amide bonds. The first-order chi connectivity index (χ1) is 15.0. The minimum absolute atomic E-state index is 0. The number of nitrogens with one attached hydrogen (secondary N) is 2. The van der Waals surface area contributed by atoms with Gasteiger partial charge >= 0.3 is 0 Å². The average Bonchev–Trinajstić information content (AvgIpc) is 2.78. The highest BCUT2D eigenvalue weighted by atomic mass is 127. The lowest BCUT2D eigenvalue weighted by atomic mass is 10.0. The number of piperidine rings is 1. The smallest absolute Gasteiger partial charge is 0.191 e. The van der Waals surface area contributed by atoms with Gasteiger partial charge < -0.3 is 20.3 Å². The number of nitrogens with zero attached hydrogens (tertiary/aromatic N) is 4. The third-order valence-corrected chi connectivity index (χ3v) is 5.46. The Kier molecular flexibility index (Phi) is 10.4. The van der Waals surface area contributed by atoms with Gasteiger partial charge in [-0.2, -0.15) is 0 Å². The highest BCUT2D eigenvalue weighted by Gasteiger charge is 2.20. The summed E-state index contributed by atoms with van der Waals surface area (Å²) in [6, 6.07) is 11.6. The van der Waals surface area contributed by atoms with E-state index in [1.54, 1.807) is 19.2 Å². The van der Waals surface area contributed by atoms with Crippen LogP contribution in [0.1, 0.15) is 24.1 Å². The predicted octanol–water partition coefficient (Wildman–Crippen LogP) is 3.24. The molecule has 0 spiro atoms. The molecule has 1 aliphatic heterocycles. The molecule has 9 heteroatoms. The summed E-state index contributed by atoms with van der Waals surface area (Å²) in [5.74, 6) is 1.70. The number of likely N-dealkylation sites (tertiary alicyclic amines) is 1. The molecule has 1 fully saturated rings. The van der Waals surface area contributed by atoms with Crippen molar-refractivity contribution < 1.29 is 9.13 Å². The number of guanidine groups is 1. The highest BCUT2D eigenvalue weighted by Crippen LogP contribution is 2.20. The van der Waals surface area contributed by atoms with Gasteiger partial charge in [0.15, 0.2) is 17.5 Å². The van der Waals surface area contributed by atoms with Crippen LogP contribution in [-0.2, 0) is 13.1 Å². The van der Waals surface area contributed by atoms with Gasteiger partial charge in [-0.3, -0.25) is 9.89 Å². The molecule has 0 radical (unpaired) electrons. The van der Waals surface area contributed by atoms with Crippen molar-refractivity contribution in [3.63, 3.8) is 0 Å². The van der Waals surface area contributed by atoms with Crippen LogP contribution in [0.15, 0.2) is 41.4 Å². The van der Waals surface area contributed by atoms with Crippen molar-refractivity contribution in [2.24, 2.45) is 4.99 Å². The van der Waals surface area contributed by atoms with Gasteiger partial charge in [0.2, 0.25) is 0 Å². The monoisotopic (exact) mass is 556 g/mol. The normalized spacial score (nSPS) is 15.1. The van der Waals surface area contributed by atoms with E-state index >= 15 is 0 Å². The van der Waals surface area contributed by atoms with Gasteiger partial charge in [-0.1, -0.05) is 12.1 Å². The Morgan fingerprint density at radius 1 is 1.25 bits per heavy atom. The highest BCUT2D eigenvalue weighted by molar-refractivity contribution is 14.0. The van der Waals surface area contributed by atoms with Crippen LogP contribution in [0.5, 0.6) is 5.75 Å². The zero-order valence-corrected chi connectivity index (χ0v) is 21.6. The molecule has 1 saturated heterocycles. The number of ether oxygens (including phenoxy) is 1. The summed E-state index contributed by atoms with van der Waals surface area (Å²) in [7, 11) is 7.23. The van der Waals surface area contributed by atoms with Gasteiger partial charge in [0.1, 0.15) is 5.82 Å². The molecule has 2 heterocycles. The van der Waals surface area contributed by atoms with E-state index < -0.39 is 0 Å². The summed E-state index contributed by atoms with van der Waals surface area (Å²) in [6.45, 7) is 3.27. The molecule has 2 N–H and O–H groups in total. The van der Waals surface area contributed by atoms with Crippen LogP contribution < -0.4 is 20.3 Å². The number of benzene rings is 1. The van der Waals surface area contributed by atoms with E-state index in [1.807, 2.05) is 43.3 Å². The number of hydrogen-bond acceptors (Lipinski definition) is 5. The number of rotatable bonds is 7. The van der Waals surface area contributed by atoms with Crippen molar-refractivity contribution in [1.29, 1.82) is 0 Å². The van der Waals surface area contributed by atoms with Crippen molar-refractivity contribution in [2.45, 2.75) is 32.0 Å². The molecule has 3 rings (SSSR count). The minimum Gasteiger partial charge on any atom is -0.494 e. The Hall–Kier alpha value is -2.14. The fourth-order valence-corrected chi connectivity index (χ4v) is 3.68. The Balaban J connectivity index is 0.00000363. The number of hydrogen-bond donors (Lipinski definition) is 2. The maximum absolute atomic E-state index is 13.9. The van der Waals surface area contributed by atoms with E-state index in [4.69, 9.17) is 4.74 Å². The maximum atomic E-state index is 13.9. The molecule has 32 heavy (non-hydrogen) atoms. The second-order valence-corrected chi connectivity index (χ2v) is 7.97. The molecule has 176 valence electrons. The van der Waals surface area contributed by atoms with Gasteiger partial charge in [0.05, 0.1) is 19.3 Å². The van der Waals surface area contributed by atoms with Crippen LogP contribution in [-0.4, -0.2) is 63.2 Å². The minimum atomic E-state index is -0.308. The molecule has 7 nitrogen and oxygen atoms in total. The Morgan fingerprint density at radius 2 is 2.00 bits per heavy atom. The SMILES string of the molecule is CN=C(NCc1cccc(N(C)C)n1)NC1CCN(Cc2ccc(OC)c(F)c2)CC1.I. The van der Waals surface area contributed by atoms with Gasteiger partial charge in [-0.15, -0.1) is 24.0 Å². The van der Waals surface area contributed by atoms with Gasteiger partial charge in [0.25, 0.3) is 0 Å². The van der Waals surface area contributed by atoms with E-state index in [9.17, 15) is 4.39 Å². The van der Waals surface area contributed by atoms with Crippen LogP contribution in [0.2, 0.25) is 0 Å². The maximum Gasteiger partial charge on any atom is 0.191 e. The third-order valence-electron chi connectivity index (χ3n) is 5.46. The topological polar surface area (TPSA) is 65.0 Å². The lowest BCUT2D eigenvalue weighted by Gasteiger charge is -2.33. The summed E-state index contributed by atoms with van der Waals surface area (Å²) in [4.78, 5) is 13.3. The summed E-state index contributed by atoms with van der Waals surface area (Å²) in [5, 5.41) is 6.88. The number of aliphatic imine (C=N–C) groups is 1. The largest absolute Gasteiger partial charge is 0.494 e. The predicted molar refractivity (Wildman–Crippen MR) is 139 cm³/mol. The first-order valence-electron chi connectivity index (χ1n) is 10.6. The van der Waals surface area contributed by atoms with Gasteiger partial charge in [0, 0.05) is 46.8 Å². The Labute approximate surface area is 207 Å². The van der Waals surface area contributed by atoms with Crippen LogP contribution in [0.3, 0.4) is 0 Å². The third kappa shape index (κ3) is 7.47. The van der Waals surface area contributed by atoms with Crippen molar-refractivity contribution in [3.8, 4) is 5.75 Å². The van der Waals surface area contributed by atoms with E-state index in [0.29, 0.717) is 12.6 Å². The van der Waals surface area contributed by atoms with E-state index in [0.717, 1.165) is 55.5 Å². The zero-order chi connectivity index (χ0) is 22.2. The van der Waals surface area contributed by atoms with Crippen LogP contribution in [0.25, 0.3) is 0 Å². The van der Waals surface area contributed by atoms with Crippen LogP contribution in [0.4, 0.5) is 10.2 Å². The lowest BCUT2D eigenvalue weighted by Crippen LogP contribution is -2.48. The standard InChI is InChI=1S/C23H33FN6O.HI/c1-25-23(26-15-19-6-5-7-22(27-19)29(2)3)28-18-10-12-30(13-11-18)16-17-8-9-21(31-4)20(24)14-17;/h5-9,14,18H,10-13,15-16H2,1-4H3,(H2,25,26,28);1H. The van der Waals surface area contributed by atoms with Gasteiger partial charge in [-0.05, 0) is 42.7 Å². The van der Waals surface area contributed by atoms with Crippen molar-refractivity contribution in [2.75, 3.05) is 46.2 Å². The molecule has 0 atom stereocenters. The molecule has 0 aliphatic carbocycles. The molecule has 1 aromatic carbocycles.